The first kappa shape index (κ1) is 19.7. The number of nitrogens with one attached hydrogen (secondary N) is 1. The molecule has 1 aromatic carbocycles. The number of guanidine groups is 1. The van der Waals surface area contributed by atoms with Crippen molar-refractivity contribution < 1.29 is 4.39 Å². The number of hydrogen-bond donors (Lipinski definition) is 1. The minimum Gasteiger partial charge on any atom is -0.355 e. The standard InChI is InChI=1S/C20H28FN5S/c1-16-7-10-25(13-19(16)26-11-8-23-15-26)20(22-2)24-9-12-27-14-17-5-3-4-6-18(17)21/h3-6,8,11,15-16,19H,7,9-10,12-14H2,1-2H3,(H,22,24). The molecule has 1 aliphatic heterocycles. The van der Waals surface area contributed by atoms with Gasteiger partial charge < -0.3 is 14.8 Å². The summed E-state index contributed by atoms with van der Waals surface area (Å²) in [6.45, 7) is 5.05. The number of benzene rings is 1. The Hall–Kier alpha value is -2.02. The average Bonchev–Trinajstić information content (AvgIpc) is 3.21. The molecule has 0 saturated carbocycles. The molecule has 3 rings (SSSR count). The van der Waals surface area contributed by atoms with E-state index in [1.54, 1.807) is 17.8 Å². The molecule has 1 aliphatic rings. The van der Waals surface area contributed by atoms with E-state index in [1.165, 1.54) is 6.07 Å². The second-order valence-electron chi connectivity index (χ2n) is 6.91. The number of nitrogens with zero attached hydrogens (tertiary/aromatic N) is 4. The summed E-state index contributed by atoms with van der Waals surface area (Å²) in [7, 11) is 1.83. The highest BCUT2D eigenvalue weighted by Crippen LogP contribution is 2.27. The summed E-state index contributed by atoms with van der Waals surface area (Å²) in [5.41, 5.74) is 0.764. The first-order valence-corrected chi connectivity index (χ1v) is 10.6. The zero-order valence-corrected chi connectivity index (χ0v) is 16.8. The minimum atomic E-state index is -0.123. The number of rotatable bonds is 6. The van der Waals surface area contributed by atoms with E-state index < -0.39 is 0 Å². The van der Waals surface area contributed by atoms with Crippen LogP contribution < -0.4 is 5.32 Å². The zero-order valence-electron chi connectivity index (χ0n) is 16.0. The number of imidazole rings is 1. The number of halogens is 1. The summed E-state index contributed by atoms with van der Waals surface area (Å²) in [5, 5.41) is 3.46. The normalized spacial score (nSPS) is 20.7. The van der Waals surface area contributed by atoms with Gasteiger partial charge in [0.15, 0.2) is 5.96 Å². The predicted octanol–water partition coefficient (Wildman–Crippen LogP) is 3.41. The van der Waals surface area contributed by atoms with Gasteiger partial charge in [-0.3, -0.25) is 4.99 Å². The molecule has 5 nitrogen and oxygen atoms in total. The second kappa shape index (κ2) is 9.78. The molecule has 0 spiro atoms. The highest BCUT2D eigenvalue weighted by Gasteiger charge is 2.28. The molecule has 1 N–H and O–H groups in total. The van der Waals surface area contributed by atoms with Gasteiger partial charge >= 0.3 is 0 Å². The van der Waals surface area contributed by atoms with Crippen LogP contribution >= 0.6 is 11.8 Å². The SMILES string of the molecule is CN=C(NCCSCc1ccccc1F)N1CCC(C)C(n2ccnc2)C1. The third-order valence-electron chi connectivity index (χ3n) is 5.08. The lowest BCUT2D eigenvalue weighted by Crippen LogP contribution is -2.49. The van der Waals surface area contributed by atoms with Crippen molar-refractivity contribution >= 4 is 17.7 Å². The Morgan fingerprint density at radius 2 is 2.26 bits per heavy atom. The molecule has 0 bridgehead atoms. The smallest absolute Gasteiger partial charge is 0.193 e. The zero-order chi connectivity index (χ0) is 19.1. The molecule has 2 atom stereocenters. The van der Waals surface area contributed by atoms with Gasteiger partial charge in [-0.1, -0.05) is 25.1 Å². The molecule has 1 saturated heterocycles. The maximum absolute atomic E-state index is 13.6. The van der Waals surface area contributed by atoms with Crippen molar-refractivity contribution in [3.63, 3.8) is 0 Å². The molecular formula is C20H28FN5S. The monoisotopic (exact) mass is 389 g/mol. The van der Waals surface area contributed by atoms with E-state index in [-0.39, 0.29) is 5.82 Å². The van der Waals surface area contributed by atoms with Crippen molar-refractivity contribution in [2.75, 3.05) is 32.4 Å². The van der Waals surface area contributed by atoms with Gasteiger partial charge in [-0.15, -0.1) is 0 Å². The lowest BCUT2D eigenvalue weighted by Gasteiger charge is -2.39. The molecule has 2 aromatic rings. The number of thioether (sulfide) groups is 1. The van der Waals surface area contributed by atoms with Crippen LogP contribution in [0.25, 0.3) is 0 Å². The molecule has 27 heavy (non-hydrogen) atoms. The fourth-order valence-corrected chi connectivity index (χ4v) is 4.30. The van der Waals surface area contributed by atoms with Crippen LogP contribution in [0.15, 0.2) is 48.0 Å². The largest absolute Gasteiger partial charge is 0.355 e. The fraction of sp³-hybridized carbons (Fsp3) is 0.500. The molecule has 146 valence electrons. The average molecular weight is 390 g/mol. The molecule has 0 amide bonds. The van der Waals surface area contributed by atoms with Crippen LogP contribution in [-0.2, 0) is 5.75 Å². The van der Waals surface area contributed by atoms with Crippen molar-refractivity contribution in [1.29, 1.82) is 0 Å². The molecule has 2 unspecified atom stereocenters. The van der Waals surface area contributed by atoms with Gasteiger partial charge in [0.05, 0.1) is 12.4 Å². The van der Waals surface area contributed by atoms with Gasteiger partial charge in [-0.05, 0) is 24.0 Å². The van der Waals surface area contributed by atoms with Crippen LogP contribution in [0.2, 0.25) is 0 Å². The molecule has 1 aromatic heterocycles. The Labute approximate surface area is 165 Å². The fourth-order valence-electron chi connectivity index (χ4n) is 3.46. The first-order chi connectivity index (χ1) is 13.2. The Balaban J connectivity index is 1.45. The summed E-state index contributed by atoms with van der Waals surface area (Å²) in [6.07, 6.45) is 6.91. The van der Waals surface area contributed by atoms with Crippen molar-refractivity contribution in [3.8, 4) is 0 Å². The summed E-state index contributed by atoms with van der Waals surface area (Å²) >= 11 is 1.73. The van der Waals surface area contributed by atoms with Crippen LogP contribution in [0, 0.1) is 11.7 Å². The molecule has 2 heterocycles. The highest BCUT2D eigenvalue weighted by molar-refractivity contribution is 7.98. The van der Waals surface area contributed by atoms with Crippen LogP contribution in [0.4, 0.5) is 4.39 Å². The molecule has 0 radical (unpaired) electrons. The Bertz CT molecular complexity index is 734. The van der Waals surface area contributed by atoms with E-state index >= 15 is 0 Å². The first-order valence-electron chi connectivity index (χ1n) is 9.43. The number of piperidine rings is 1. The van der Waals surface area contributed by atoms with Crippen molar-refractivity contribution in [2.24, 2.45) is 10.9 Å². The molecule has 0 aliphatic carbocycles. The van der Waals surface area contributed by atoms with Gasteiger partial charge in [0.25, 0.3) is 0 Å². The van der Waals surface area contributed by atoms with E-state index in [1.807, 2.05) is 37.9 Å². The van der Waals surface area contributed by atoms with E-state index in [9.17, 15) is 4.39 Å². The number of aromatic nitrogens is 2. The van der Waals surface area contributed by atoms with Crippen LogP contribution in [-0.4, -0.2) is 52.8 Å². The lowest BCUT2D eigenvalue weighted by atomic mass is 9.93. The van der Waals surface area contributed by atoms with Gasteiger partial charge in [0.1, 0.15) is 5.82 Å². The van der Waals surface area contributed by atoms with E-state index in [4.69, 9.17) is 0 Å². The summed E-state index contributed by atoms with van der Waals surface area (Å²) < 4.78 is 15.9. The third kappa shape index (κ3) is 5.25. The molecular weight excluding hydrogens is 361 g/mol. The Morgan fingerprint density at radius 1 is 1.41 bits per heavy atom. The molecule has 1 fully saturated rings. The summed E-state index contributed by atoms with van der Waals surface area (Å²) in [5.74, 6) is 3.03. The van der Waals surface area contributed by atoms with E-state index in [0.717, 1.165) is 43.3 Å². The number of hydrogen-bond acceptors (Lipinski definition) is 3. The van der Waals surface area contributed by atoms with Crippen molar-refractivity contribution in [1.82, 2.24) is 19.8 Å². The van der Waals surface area contributed by atoms with Gasteiger partial charge in [-0.25, -0.2) is 9.37 Å². The number of likely N-dealkylation sites (tertiary alicyclic amines) is 1. The lowest BCUT2D eigenvalue weighted by molar-refractivity contribution is 0.189. The van der Waals surface area contributed by atoms with Crippen LogP contribution in [0.5, 0.6) is 0 Å². The van der Waals surface area contributed by atoms with Crippen LogP contribution in [0.3, 0.4) is 0 Å². The Morgan fingerprint density at radius 3 is 3.00 bits per heavy atom. The van der Waals surface area contributed by atoms with Gasteiger partial charge in [-0.2, -0.15) is 11.8 Å². The maximum Gasteiger partial charge on any atom is 0.193 e. The predicted molar refractivity (Wildman–Crippen MR) is 111 cm³/mol. The summed E-state index contributed by atoms with van der Waals surface area (Å²) in [4.78, 5) is 11.0. The van der Waals surface area contributed by atoms with E-state index in [0.29, 0.717) is 17.7 Å². The van der Waals surface area contributed by atoms with Crippen molar-refractivity contribution in [3.05, 3.63) is 54.4 Å². The minimum absolute atomic E-state index is 0.123. The van der Waals surface area contributed by atoms with Crippen molar-refractivity contribution in [2.45, 2.75) is 25.1 Å². The molecule has 7 heteroatoms. The highest BCUT2D eigenvalue weighted by atomic mass is 32.2. The topological polar surface area (TPSA) is 45.5 Å². The summed E-state index contributed by atoms with van der Waals surface area (Å²) in [6, 6.07) is 7.39. The third-order valence-corrected chi connectivity index (χ3v) is 6.09. The quantitative estimate of drug-likeness (QED) is 0.467. The second-order valence-corrected chi connectivity index (χ2v) is 8.01. The maximum atomic E-state index is 13.6. The number of aliphatic imine (C=N–C) groups is 1. The van der Waals surface area contributed by atoms with E-state index in [2.05, 4.69) is 31.7 Å². The van der Waals surface area contributed by atoms with Gasteiger partial charge in [0, 0.05) is 50.6 Å². The van der Waals surface area contributed by atoms with Crippen LogP contribution in [0.1, 0.15) is 24.9 Å². The van der Waals surface area contributed by atoms with Gasteiger partial charge in [0.2, 0.25) is 0 Å². The Kier molecular flexibility index (Phi) is 7.15.